The quantitative estimate of drug-likeness (QED) is 0.579. The highest BCUT2D eigenvalue weighted by molar-refractivity contribution is 7.71. The van der Waals surface area contributed by atoms with Gasteiger partial charge in [0.15, 0.2) is 23.1 Å². The van der Waals surface area contributed by atoms with Crippen LogP contribution in [0.3, 0.4) is 0 Å². The van der Waals surface area contributed by atoms with E-state index in [-0.39, 0.29) is 21.6 Å². The zero-order valence-electron chi connectivity index (χ0n) is 12.1. The molecule has 1 aliphatic heterocycles. The van der Waals surface area contributed by atoms with Crippen molar-refractivity contribution in [2.75, 3.05) is 6.61 Å². The van der Waals surface area contributed by atoms with Gasteiger partial charge in [0.25, 0.3) is 0 Å². The summed E-state index contributed by atoms with van der Waals surface area (Å²) in [6.45, 7) is -0.691. The predicted molar refractivity (Wildman–Crippen MR) is 79.1 cm³/mol. The van der Waals surface area contributed by atoms with Gasteiger partial charge in [-0.3, -0.25) is 9.36 Å². The molecule has 0 aromatic carbocycles. The Morgan fingerprint density at radius 1 is 1.44 bits per heavy atom. The number of pyridine rings is 1. The Morgan fingerprint density at radius 2 is 2.12 bits per heavy atom. The summed E-state index contributed by atoms with van der Waals surface area (Å²) in [4.78, 5) is 17.7. The van der Waals surface area contributed by atoms with Crippen LogP contribution in [0.5, 0.6) is 0 Å². The zero-order valence-corrected chi connectivity index (χ0v) is 12.9. The number of aliphatic hydroxyl groups excluding tert-OH is 3. The van der Waals surface area contributed by atoms with E-state index in [1.54, 1.807) is 0 Å². The molecular formula is C13H10F3N3O5S. The third-order valence-corrected chi connectivity index (χ3v) is 3.87. The van der Waals surface area contributed by atoms with Gasteiger partial charge in [-0.05, 0) is 12.2 Å². The normalized spacial score (nSPS) is 21.0. The lowest BCUT2D eigenvalue weighted by Gasteiger charge is -2.19. The standard InChI is InChI=1S/C13H10F3N3O5S/c14-13(15,16)7-1-5(21)4-2-19(12(25)18-10(4)17-7)11-9(23)8(22)6(3-20)24-11/h1-2,9,11,20,22-23H,3H2,(H,17,18,25)/t9?,11-/m1/s1. The molecule has 12 heteroatoms. The molecule has 3 rings (SSSR count). The predicted octanol–water partition coefficient (Wildman–Crippen LogP) is 1.12. The molecule has 0 amide bonds. The number of rotatable bonds is 2. The fourth-order valence-corrected chi connectivity index (χ4v) is 2.60. The first-order valence-corrected chi connectivity index (χ1v) is 7.15. The van der Waals surface area contributed by atoms with Crippen LogP contribution in [0.25, 0.3) is 11.0 Å². The van der Waals surface area contributed by atoms with Crippen molar-refractivity contribution in [3.63, 3.8) is 0 Å². The molecular weight excluding hydrogens is 367 g/mol. The maximum atomic E-state index is 12.8. The van der Waals surface area contributed by atoms with E-state index in [2.05, 4.69) is 4.98 Å². The van der Waals surface area contributed by atoms with Crippen molar-refractivity contribution in [1.29, 1.82) is 0 Å². The first-order chi connectivity index (χ1) is 11.6. The van der Waals surface area contributed by atoms with Crippen molar-refractivity contribution in [3.05, 3.63) is 44.5 Å². The highest BCUT2D eigenvalue weighted by Crippen LogP contribution is 2.32. The molecule has 0 spiro atoms. The van der Waals surface area contributed by atoms with Gasteiger partial charge in [0.05, 0.1) is 5.39 Å². The molecule has 2 atom stereocenters. The summed E-state index contributed by atoms with van der Waals surface area (Å²) < 4.78 is 44.1. The van der Waals surface area contributed by atoms with Gasteiger partial charge in [-0.1, -0.05) is 0 Å². The Labute approximate surface area is 141 Å². The second-order valence-electron chi connectivity index (χ2n) is 5.16. The maximum absolute atomic E-state index is 12.8. The molecule has 134 valence electrons. The van der Waals surface area contributed by atoms with Gasteiger partial charge >= 0.3 is 6.18 Å². The van der Waals surface area contributed by atoms with E-state index in [0.29, 0.717) is 6.07 Å². The number of aromatic nitrogens is 3. The lowest BCUT2D eigenvalue weighted by atomic mass is 10.2. The van der Waals surface area contributed by atoms with Gasteiger partial charge in [0, 0.05) is 12.3 Å². The number of hydrogen-bond acceptors (Lipinski definition) is 7. The van der Waals surface area contributed by atoms with Gasteiger partial charge in [-0.25, -0.2) is 4.98 Å². The number of nitrogens with one attached hydrogen (secondary N) is 1. The monoisotopic (exact) mass is 377 g/mol. The van der Waals surface area contributed by atoms with Crippen LogP contribution in [0.15, 0.2) is 28.6 Å². The van der Waals surface area contributed by atoms with Crippen molar-refractivity contribution in [2.45, 2.75) is 18.5 Å². The first kappa shape index (κ1) is 17.4. The van der Waals surface area contributed by atoms with Crippen LogP contribution in [0.1, 0.15) is 11.9 Å². The number of hydrogen-bond donors (Lipinski definition) is 4. The number of halogens is 3. The second kappa shape index (κ2) is 5.82. The Balaban J connectivity index is 2.15. The third-order valence-electron chi connectivity index (χ3n) is 3.57. The molecule has 0 saturated heterocycles. The lowest BCUT2D eigenvalue weighted by Crippen LogP contribution is -2.24. The summed E-state index contributed by atoms with van der Waals surface area (Å²) in [5, 5.41) is 28.4. The molecule has 1 aliphatic rings. The van der Waals surface area contributed by atoms with Crippen molar-refractivity contribution < 1.29 is 33.2 Å². The van der Waals surface area contributed by atoms with E-state index in [0.717, 1.165) is 10.8 Å². The fourth-order valence-electron chi connectivity index (χ4n) is 2.35. The topological polar surface area (TPSA) is 121 Å². The summed E-state index contributed by atoms with van der Waals surface area (Å²) in [7, 11) is 0. The van der Waals surface area contributed by atoms with Crippen LogP contribution in [-0.2, 0) is 10.9 Å². The summed E-state index contributed by atoms with van der Waals surface area (Å²) in [5.74, 6) is -0.906. The molecule has 2 aromatic rings. The highest BCUT2D eigenvalue weighted by Gasteiger charge is 2.37. The number of aliphatic hydroxyl groups is 3. The highest BCUT2D eigenvalue weighted by atomic mass is 32.1. The molecule has 2 aromatic heterocycles. The van der Waals surface area contributed by atoms with E-state index in [9.17, 15) is 28.2 Å². The van der Waals surface area contributed by atoms with Crippen LogP contribution >= 0.6 is 12.2 Å². The first-order valence-electron chi connectivity index (χ1n) is 6.74. The Bertz CT molecular complexity index is 997. The van der Waals surface area contributed by atoms with Gasteiger partial charge in [0.2, 0.25) is 11.0 Å². The van der Waals surface area contributed by atoms with Gasteiger partial charge in [-0.15, -0.1) is 0 Å². The van der Waals surface area contributed by atoms with Gasteiger partial charge in [0.1, 0.15) is 17.9 Å². The smallest absolute Gasteiger partial charge is 0.431 e. The number of H-pyrrole nitrogens is 1. The van der Waals surface area contributed by atoms with Gasteiger partial charge < -0.3 is 25.0 Å². The number of ether oxygens (including phenoxy) is 1. The number of alkyl halides is 3. The van der Waals surface area contributed by atoms with E-state index >= 15 is 0 Å². The summed E-state index contributed by atoms with van der Waals surface area (Å²) in [5.41, 5.74) is -2.62. The molecule has 3 heterocycles. The van der Waals surface area contributed by atoms with Crippen molar-refractivity contribution >= 4 is 23.3 Å². The van der Waals surface area contributed by atoms with Crippen LogP contribution in [0.4, 0.5) is 13.2 Å². The molecule has 1 unspecified atom stereocenters. The van der Waals surface area contributed by atoms with E-state index in [4.69, 9.17) is 22.1 Å². The van der Waals surface area contributed by atoms with E-state index < -0.39 is 42.0 Å². The lowest BCUT2D eigenvalue weighted by molar-refractivity contribution is -0.141. The van der Waals surface area contributed by atoms with Crippen LogP contribution < -0.4 is 5.43 Å². The second-order valence-corrected chi connectivity index (χ2v) is 5.52. The van der Waals surface area contributed by atoms with Crippen molar-refractivity contribution in [3.8, 4) is 0 Å². The molecule has 0 bridgehead atoms. The summed E-state index contributed by atoms with van der Waals surface area (Å²) in [6, 6.07) is 0.373. The summed E-state index contributed by atoms with van der Waals surface area (Å²) in [6.07, 6.45) is -6.63. The minimum absolute atomic E-state index is 0.227. The van der Waals surface area contributed by atoms with Gasteiger partial charge in [-0.2, -0.15) is 13.2 Å². The van der Waals surface area contributed by atoms with Crippen LogP contribution in [0, 0.1) is 4.77 Å². The van der Waals surface area contributed by atoms with Crippen molar-refractivity contribution in [1.82, 2.24) is 14.5 Å². The average molecular weight is 377 g/mol. The zero-order chi connectivity index (χ0) is 18.5. The molecule has 8 nitrogen and oxygen atoms in total. The molecule has 25 heavy (non-hydrogen) atoms. The Hall–Kier alpha value is -2.44. The van der Waals surface area contributed by atoms with E-state index in [1.807, 2.05) is 4.98 Å². The van der Waals surface area contributed by atoms with Crippen LogP contribution in [-0.4, -0.2) is 42.6 Å². The van der Waals surface area contributed by atoms with Crippen LogP contribution in [0.2, 0.25) is 0 Å². The Kier molecular flexibility index (Phi) is 4.05. The molecule has 0 fully saturated rings. The van der Waals surface area contributed by atoms with Crippen molar-refractivity contribution in [2.24, 2.45) is 0 Å². The Morgan fingerprint density at radius 3 is 2.68 bits per heavy atom. The minimum atomic E-state index is -4.76. The fraction of sp³-hybridized carbons (Fsp3) is 0.308. The average Bonchev–Trinajstić information content (AvgIpc) is 2.81. The summed E-state index contributed by atoms with van der Waals surface area (Å²) >= 11 is 4.96. The SMILES string of the molecule is O=c1cc(C(F)(F)F)[nH]c2nc(=S)n([C@@H]3OC(CO)=C(O)C3O)cc12. The molecule has 4 N–H and O–H groups in total. The molecule has 0 radical (unpaired) electrons. The number of aromatic amines is 1. The number of nitrogens with zero attached hydrogens (tertiary/aromatic N) is 2. The maximum Gasteiger partial charge on any atom is 0.431 e. The molecule has 0 saturated carbocycles. The third kappa shape index (κ3) is 2.88. The minimum Gasteiger partial charge on any atom is -0.506 e. The molecule has 0 aliphatic carbocycles. The van der Waals surface area contributed by atoms with E-state index in [1.165, 1.54) is 0 Å². The largest absolute Gasteiger partial charge is 0.506 e. The number of fused-ring (bicyclic) bond motifs is 1.